The van der Waals surface area contributed by atoms with Gasteiger partial charge < -0.3 is 0 Å². The first-order valence-electron chi connectivity index (χ1n) is 3.85. The van der Waals surface area contributed by atoms with Gasteiger partial charge in [0.1, 0.15) is 0 Å². The maximum Gasteiger partial charge on any atom is 0.301 e. The van der Waals surface area contributed by atoms with Crippen LogP contribution < -0.4 is 4.72 Å². The average molecular weight is 254 g/mol. The van der Waals surface area contributed by atoms with Crippen molar-refractivity contribution in [3.63, 3.8) is 0 Å². The first kappa shape index (κ1) is 12.2. The Hall–Kier alpha value is -0.920. The van der Waals surface area contributed by atoms with E-state index in [1.54, 1.807) is 0 Å². The molecule has 0 aromatic carbocycles. The van der Waals surface area contributed by atoms with Crippen molar-refractivity contribution in [1.82, 2.24) is 9.29 Å². The number of rotatable bonds is 3. The summed E-state index contributed by atoms with van der Waals surface area (Å²) in [4.78, 5) is 3.46. The lowest BCUT2D eigenvalue weighted by Crippen LogP contribution is -2.29. The molecule has 8 heteroatoms. The van der Waals surface area contributed by atoms with Gasteiger partial charge in [0.15, 0.2) is 11.0 Å². The molecule has 0 saturated carbocycles. The molecule has 0 saturated heterocycles. The molecule has 1 N–H and O–H groups in total. The van der Waals surface area contributed by atoms with Gasteiger partial charge >= 0.3 is 10.2 Å². The van der Waals surface area contributed by atoms with Crippen molar-refractivity contribution in [1.29, 1.82) is 0 Å². The van der Waals surface area contributed by atoms with Crippen LogP contribution in [0.25, 0.3) is 0 Å². The molecule has 0 atom stereocenters. The summed E-state index contributed by atoms with van der Waals surface area (Å²) in [5, 5.41) is -0.381. The van der Waals surface area contributed by atoms with Gasteiger partial charge in [0.05, 0.1) is 5.69 Å². The lowest BCUT2D eigenvalue weighted by molar-refractivity contribution is 0.526. The van der Waals surface area contributed by atoms with Crippen LogP contribution in [0.15, 0.2) is 12.3 Å². The maximum absolute atomic E-state index is 13.3. The topological polar surface area (TPSA) is 62.3 Å². The van der Waals surface area contributed by atoms with Crippen molar-refractivity contribution < 1.29 is 12.8 Å². The van der Waals surface area contributed by atoms with Crippen molar-refractivity contribution in [2.45, 2.75) is 0 Å². The number of hydrogen-bond donors (Lipinski definition) is 1. The zero-order valence-electron chi connectivity index (χ0n) is 8.03. The summed E-state index contributed by atoms with van der Waals surface area (Å²) in [7, 11) is -1.09. The third kappa shape index (κ3) is 2.77. The Bertz CT molecular complexity index is 463. The Labute approximate surface area is 92.1 Å². The van der Waals surface area contributed by atoms with Crippen molar-refractivity contribution in [3.8, 4) is 0 Å². The SMILES string of the molecule is CN(C)S(=O)(=O)Nc1ccnc(Cl)c1F. The van der Waals surface area contributed by atoms with Gasteiger partial charge in [-0.25, -0.2) is 9.37 Å². The van der Waals surface area contributed by atoms with E-state index in [2.05, 4.69) is 4.98 Å². The third-order valence-electron chi connectivity index (χ3n) is 1.57. The van der Waals surface area contributed by atoms with Crippen molar-refractivity contribution in [2.24, 2.45) is 0 Å². The monoisotopic (exact) mass is 253 g/mol. The molecule has 0 aliphatic carbocycles. The van der Waals surface area contributed by atoms with E-state index in [0.29, 0.717) is 0 Å². The molecule has 0 radical (unpaired) electrons. The van der Waals surface area contributed by atoms with Crippen LogP contribution in [0.2, 0.25) is 5.15 Å². The minimum absolute atomic E-state index is 0.233. The fourth-order valence-electron chi connectivity index (χ4n) is 0.727. The molecule has 1 aromatic heterocycles. The number of pyridine rings is 1. The number of halogens is 2. The Morgan fingerprint density at radius 3 is 2.67 bits per heavy atom. The molecule has 1 rings (SSSR count). The highest BCUT2D eigenvalue weighted by atomic mass is 35.5. The minimum atomic E-state index is -3.73. The molecular weight excluding hydrogens is 245 g/mol. The fraction of sp³-hybridized carbons (Fsp3) is 0.286. The smallest absolute Gasteiger partial charge is 0.268 e. The number of aromatic nitrogens is 1. The van der Waals surface area contributed by atoms with E-state index in [-0.39, 0.29) is 10.8 Å². The zero-order valence-corrected chi connectivity index (χ0v) is 9.60. The molecule has 15 heavy (non-hydrogen) atoms. The van der Waals surface area contributed by atoms with Crippen molar-refractivity contribution in [2.75, 3.05) is 18.8 Å². The van der Waals surface area contributed by atoms with E-state index >= 15 is 0 Å². The highest BCUT2D eigenvalue weighted by Gasteiger charge is 2.16. The molecule has 0 bridgehead atoms. The molecule has 0 aliphatic heterocycles. The first-order valence-corrected chi connectivity index (χ1v) is 5.66. The molecule has 1 aromatic rings. The van der Waals surface area contributed by atoms with Crippen LogP contribution in [0.1, 0.15) is 0 Å². The lowest BCUT2D eigenvalue weighted by Gasteiger charge is -2.13. The second-order valence-corrected chi connectivity index (χ2v) is 5.10. The summed E-state index contributed by atoms with van der Waals surface area (Å²) < 4.78 is 38.9. The van der Waals surface area contributed by atoms with Crippen LogP contribution in [0.4, 0.5) is 10.1 Å². The molecular formula is C7H9ClFN3O2S. The first-order chi connectivity index (χ1) is 6.84. The normalized spacial score (nSPS) is 11.8. The van der Waals surface area contributed by atoms with Gasteiger partial charge in [-0.1, -0.05) is 11.6 Å². The predicted octanol–water partition coefficient (Wildman–Crippen LogP) is 1.09. The second-order valence-electron chi connectivity index (χ2n) is 2.85. The van der Waals surface area contributed by atoms with E-state index < -0.39 is 16.0 Å². The van der Waals surface area contributed by atoms with E-state index in [9.17, 15) is 12.8 Å². The molecule has 0 fully saturated rings. The predicted molar refractivity (Wildman–Crippen MR) is 55.4 cm³/mol. The van der Waals surface area contributed by atoms with Crippen LogP contribution in [0, 0.1) is 5.82 Å². The highest BCUT2D eigenvalue weighted by molar-refractivity contribution is 7.90. The Morgan fingerprint density at radius 1 is 1.53 bits per heavy atom. The number of nitrogens with one attached hydrogen (secondary N) is 1. The molecule has 1 heterocycles. The van der Waals surface area contributed by atoms with Crippen molar-refractivity contribution in [3.05, 3.63) is 23.2 Å². The van der Waals surface area contributed by atoms with Crippen LogP contribution in [-0.2, 0) is 10.2 Å². The fourth-order valence-corrected chi connectivity index (χ4v) is 1.50. The lowest BCUT2D eigenvalue weighted by atomic mass is 10.4. The van der Waals surface area contributed by atoms with Gasteiger partial charge in [0, 0.05) is 20.3 Å². The van der Waals surface area contributed by atoms with Gasteiger partial charge in [-0.05, 0) is 6.07 Å². The van der Waals surface area contributed by atoms with E-state index in [1.165, 1.54) is 26.4 Å². The van der Waals surface area contributed by atoms with Gasteiger partial charge in [-0.2, -0.15) is 12.7 Å². The van der Waals surface area contributed by atoms with E-state index in [0.717, 1.165) is 4.31 Å². The summed E-state index contributed by atoms with van der Waals surface area (Å²) in [6.45, 7) is 0. The molecule has 0 spiro atoms. The summed E-state index contributed by atoms with van der Waals surface area (Å²) in [6, 6.07) is 1.18. The number of anilines is 1. The van der Waals surface area contributed by atoms with E-state index in [4.69, 9.17) is 11.6 Å². The third-order valence-corrected chi connectivity index (χ3v) is 3.27. The van der Waals surface area contributed by atoms with E-state index in [1.807, 2.05) is 4.72 Å². The second kappa shape index (κ2) is 4.30. The standard InChI is InChI=1S/C7H9ClFN3O2S/c1-12(2)15(13,14)11-5-3-4-10-7(8)6(5)9/h3-4H,1-2H3,(H,10,11). The van der Waals surface area contributed by atoms with Gasteiger partial charge in [0.2, 0.25) is 0 Å². The molecule has 0 unspecified atom stereocenters. The quantitative estimate of drug-likeness (QED) is 0.821. The van der Waals surface area contributed by atoms with Crippen LogP contribution >= 0.6 is 11.6 Å². The molecule has 84 valence electrons. The average Bonchev–Trinajstić information content (AvgIpc) is 2.12. The number of nitrogens with zero attached hydrogens (tertiary/aromatic N) is 2. The van der Waals surface area contributed by atoms with Gasteiger partial charge in [-0.3, -0.25) is 4.72 Å². The molecule has 0 amide bonds. The maximum atomic E-state index is 13.3. The molecule has 0 aliphatic rings. The van der Waals surface area contributed by atoms with Gasteiger partial charge in [-0.15, -0.1) is 0 Å². The van der Waals surface area contributed by atoms with Crippen molar-refractivity contribution >= 4 is 27.5 Å². The van der Waals surface area contributed by atoms with Gasteiger partial charge in [0.25, 0.3) is 0 Å². The molecule has 5 nitrogen and oxygen atoms in total. The summed E-state index contributed by atoms with van der Waals surface area (Å²) in [5.41, 5.74) is -0.233. The van der Waals surface area contributed by atoms with Crippen LogP contribution in [0.5, 0.6) is 0 Å². The minimum Gasteiger partial charge on any atom is -0.268 e. The summed E-state index contributed by atoms with van der Waals surface area (Å²) in [5.74, 6) is -0.899. The van der Waals surface area contributed by atoms with Crippen LogP contribution in [-0.4, -0.2) is 31.8 Å². The van der Waals surface area contributed by atoms with Crippen LogP contribution in [0.3, 0.4) is 0 Å². The largest absolute Gasteiger partial charge is 0.301 e. The summed E-state index contributed by atoms with van der Waals surface area (Å²) >= 11 is 5.39. The summed E-state index contributed by atoms with van der Waals surface area (Å²) in [6.07, 6.45) is 1.21. The number of hydrogen-bond acceptors (Lipinski definition) is 3. The zero-order chi connectivity index (χ0) is 11.6. The Balaban J connectivity index is 3.06. The Kier molecular flexibility index (Phi) is 3.48. The highest BCUT2D eigenvalue weighted by Crippen LogP contribution is 2.20. The Morgan fingerprint density at radius 2 is 2.13 bits per heavy atom.